The highest BCUT2D eigenvalue weighted by Gasteiger charge is 2.49. The molecule has 7 nitrogen and oxygen atoms in total. The summed E-state index contributed by atoms with van der Waals surface area (Å²) in [5.41, 5.74) is 4.03. The quantitative estimate of drug-likeness (QED) is 0.147. The van der Waals surface area contributed by atoms with Crippen molar-refractivity contribution in [3.8, 4) is 0 Å². The third kappa shape index (κ3) is 8.55. The summed E-state index contributed by atoms with van der Waals surface area (Å²) in [6, 6.07) is 39.5. The van der Waals surface area contributed by atoms with Crippen molar-refractivity contribution in [3.05, 3.63) is 144 Å². The van der Waals surface area contributed by atoms with Gasteiger partial charge in [0.25, 0.3) is 0 Å². The molecule has 1 fully saturated rings. The first kappa shape index (κ1) is 29.1. The Labute approximate surface area is 241 Å². The highest BCUT2D eigenvalue weighted by Crippen LogP contribution is 2.31. The Balaban J connectivity index is 1.38. The maximum absolute atomic E-state index is 9.93. The van der Waals surface area contributed by atoms with Crippen LogP contribution in [0.1, 0.15) is 22.3 Å². The number of ether oxygens (including phenoxy) is 5. The maximum Gasteiger partial charge on any atom is 0.220 e. The molecule has 4 aromatic carbocycles. The van der Waals surface area contributed by atoms with Crippen LogP contribution in [-0.2, 0) is 55.0 Å². The van der Waals surface area contributed by atoms with Crippen LogP contribution in [0.15, 0.2) is 121 Å². The first-order chi connectivity index (χ1) is 20.3. The SMILES string of the molecule is OO[C@H]1O[C@H](COCc2ccccc2)[C@@H](OCc2ccccc2)[C@H](OCc2ccccc2)[C@H]1OCc1ccccc1. The number of rotatable bonds is 14. The summed E-state index contributed by atoms with van der Waals surface area (Å²) < 4.78 is 31.7. The van der Waals surface area contributed by atoms with E-state index in [1.54, 1.807) is 0 Å². The second-order valence-electron chi connectivity index (χ2n) is 9.93. The molecule has 0 spiro atoms. The molecule has 0 aromatic heterocycles. The van der Waals surface area contributed by atoms with Gasteiger partial charge in [-0.15, -0.1) is 0 Å². The fraction of sp³-hybridized carbons (Fsp3) is 0.294. The van der Waals surface area contributed by atoms with Crippen molar-refractivity contribution in [2.45, 2.75) is 57.1 Å². The molecule has 1 heterocycles. The van der Waals surface area contributed by atoms with Crippen molar-refractivity contribution in [2.75, 3.05) is 6.61 Å². The summed E-state index contributed by atoms with van der Waals surface area (Å²) in [7, 11) is 0. The van der Waals surface area contributed by atoms with E-state index in [1.165, 1.54) is 0 Å². The second-order valence-corrected chi connectivity index (χ2v) is 9.93. The molecule has 0 bridgehead atoms. The molecule has 1 aliphatic heterocycles. The summed E-state index contributed by atoms with van der Waals surface area (Å²) in [6.45, 7) is 1.54. The van der Waals surface area contributed by atoms with E-state index in [4.69, 9.17) is 28.6 Å². The number of hydrogen-bond acceptors (Lipinski definition) is 7. The van der Waals surface area contributed by atoms with Crippen molar-refractivity contribution in [1.29, 1.82) is 0 Å². The van der Waals surface area contributed by atoms with Crippen LogP contribution >= 0.6 is 0 Å². The predicted octanol–water partition coefficient (Wildman–Crippen LogP) is 6.17. The van der Waals surface area contributed by atoms with Crippen LogP contribution in [-0.4, -0.2) is 42.6 Å². The van der Waals surface area contributed by atoms with Gasteiger partial charge in [-0.25, -0.2) is 10.1 Å². The monoisotopic (exact) mass is 556 g/mol. The van der Waals surface area contributed by atoms with Gasteiger partial charge in [0.1, 0.15) is 24.4 Å². The molecule has 0 saturated carbocycles. The molecule has 4 aromatic rings. The summed E-state index contributed by atoms with van der Waals surface area (Å²) in [6.07, 6.45) is -3.71. The largest absolute Gasteiger partial charge is 0.374 e. The van der Waals surface area contributed by atoms with Gasteiger partial charge in [0.15, 0.2) is 0 Å². The van der Waals surface area contributed by atoms with E-state index in [2.05, 4.69) is 0 Å². The maximum atomic E-state index is 9.93. The molecule has 0 unspecified atom stereocenters. The lowest BCUT2D eigenvalue weighted by Gasteiger charge is -2.44. The van der Waals surface area contributed by atoms with Crippen LogP contribution in [0, 0.1) is 0 Å². The predicted molar refractivity (Wildman–Crippen MR) is 154 cm³/mol. The Morgan fingerprint density at radius 1 is 0.488 bits per heavy atom. The Morgan fingerprint density at radius 3 is 1.32 bits per heavy atom. The van der Waals surface area contributed by atoms with E-state index in [0.29, 0.717) is 19.8 Å². The summed E-state index contributed by atoms with van der Waals surface area (Å²) in [5, 5.41) is 9.93. The molecule has 1 N–H and O–H groups in total. The van der Waals surface area contributed by atoms with Crippen molar-refractivity contribution in [3.63, 3.8) is 0 Å². The third-order valence-corrected chi connectivity index (χ3v) is 6.94. The molecule has 1 saturated heterocycles. The zero-order valence-corrected chi connectivity index (χ0v) is 22.9. The fourth-order valence-electron chi connectivity index (χ4n) is 4.83. The Kier molecular flexibility index (Phi) is 11.0. The minimum absolute atomic E-state index is 0.199. The third-order valence-electron chi connectivity index (χ3n) is 6.94. The molecule has 5 rings (SSSR count). The molecule has 214 valence electrons. The van der Waals surface area contributed by atoms with E-state index >= 15 is 0 Å². The molecule has 41 heavy (non-hydrogen) atoms. The molecule has 5 atom stereocenters. The van der Waals surface area contributed by atoms with Gasteiger partial charge in [0.05, 0.1) is 33.0 Å². The standard InChI is InChI=1S/C34H36O7/c35-41-34-33(39-24-29-19-11-4-12-20-29)32(38-23-28-17-9-3-10-18-28)31(37-22-27-15-7-2-8-16-27)30(40-34)25-36-21-26-13-5-1-6-14-26/h1-20,30-35H,21-25H2/t30-,31-,32+,33-,34-/m1/s1. The van der Waals surface area contributed by atoms with Gasteiger partial charge in [0, 0.05) is 0 Å². The highest BCUT2D eigenvalue weighted by atomic mass is 17.1. The fourth-order valence-corrected chi connectivity index (χ4v) is 4.83. The van der Waals surface area contributed by atoms with Gasteiger partial charge in [-0.05, 0) is 22.3 Å². The van der Waals surface area contributed by atoms with E-state index in [0.717, 1.165) is 22.3 Å². The van der Waals surface area contributed by atoms with E-state index in [9.17, 15) is 5.26 Å². The molecule has 0 radical (unpaired) electrons. The van der Waals surface area contributed by atoms with Crippen LogP contribution in [0.5, 0.6) is 0 Å². The number of hydrogen-bond donors (Lipinski definition) is 1. The average molecular weight is 557 g/mol. The van der Waals surface area contributed by atoms with Gasteiger partial charge in [0.2, 0.25) is 6.29 Å². The molecule has 0 aliphatic carbocycles. The van der Waals surface area contributed by atoms with Gasteiger partial charge in [-0.3, -0.25) is 0 Å². The lowest BCUT2D eigenvalue weighted by atomic mass is 9.98. The topological polar surface area (TPSA) is 75.6 Å². The minimum atomic E-state index is -1.11. The first-order valence-corrected chi connectivity index (χ1v) is 13.8. The van der Waals surface area contributed by atoms with E-state index in [1.807, 2.05) is 121 Å². The first-order valence-electron chi connectivity index (χ1n) is 13.8. The van der Waals surface area contributed by atoms with E-state index in [-0.39, 0.29) is 13.2 Å². The molecule has 7 heteroatoms. The van der Waals surface area contributed by atoms with Gasteiger partial charge >= 0.3 is 0 Å². The summed E-state index contributed by atoms with van der Waals surface area (Å²) >= 11 is 0. The smallest absolute Gasteiger partial charge is 0.220 e. The van der Waals surface area contributed by atoms with Crippen LogP contribution < -0.4 is 0 Å². The van der Waals surface area contributed by atoms with Crippen molar-refractivity contribution in [1.82, 2.24) is 0 Å². The zero-order valence-electron chi connectivity index (χ0n) is 22.9. The van der Waals surface area contributed by atoms with Gasteiger partial charge < -0.3 is 23.7 Å². The van der Waals surface area contributed by atoms with E-state index < -0.39 is 30.7 Å². The van der Waals surface area contributed by atoms with Crippen molar-refractivity contribution >= 4 is 0 Å². The Bertz CT molecular complexity index is 1260. The zero-order chi connectivity index (χ0) is 28.1. The summed E-state index contributed by atoms with van der Waals surface area (Å²) in [5.74, 6) is 0. The average Bonchev–Trinajstić information content (AvgIpc) is 3.04. The molecular weight excluding hydrogens is 520 g/mol. The Hall–Kier alpha value is -3.40. The lowest BCUT2D eigenvalue weighted by Crippen LogP contribution is -2.61. The minimum Gasteiger partial charge on any atom is -0.374 e. The Morgan fingerprint density at radius 2 is 0.878 bits per heavy atom. The van der Waals surface area contributed by atoms with Crippen molar-refractivity contribution < 1.29 is 33.8 Å². The number of benzene rings is 4. The normalized spacial score (nSPS) is 22.4. The highest BCUT2D eigenvalue weighted by molar-refractivity contribution is 5.16. The van der Waals surface area contributed by atoms with Crippen molar-refractivity contribution in [2.24, 2.45) is 0 Å². The van der Waals surface area contributed by atoms with Gasteiger partial charge in [-0.1, -0.05) is 121 Å². The van der Waals surface area contributed by atoms with Crippen LogP contribution in [0.4, 0.5) is 0 Å². The molecule has 0 amide bonds. The van der Waals surface area contributed by atoms with Crippen LogP contribution in [0.2, 0.25) is 0 Å². The van der Waals surface area contributed by atoms with Crippen LogP contribution in [0.25, 0.3) is 0 Å². The molecule has 1 aliphatic rings. The summed E-state index contributed by atoms with van der Waals surface area (Å²) in [4.78, 5) is 4.84. The molecular formula is C34H36O7. The van der Waals surface area contributed by atoms with Crippen LogP contribution in [0.3, 0.4) is 0 Å². The lowest BCUT2D eigenvalue weighted by molar-refractivity contribution is -0.415. The van der Waals surface area contributed by atoms with Gasteiger partial charge in [-0.2, -0.15) is 0 Å². The second kappa shape index (κ2) is 15.6.